The predicted octanol–water partition coefficient (Wildman–Crippen LogP) is 8.05. The fraction of sp³-hybridized carbons (Fsp3) is 0.350. The summed E-state index contributed by atoms with van der Waals surface area (Å²) in [5.41, 5.74) is 3.46. The van der Waals surface area contributed by atoms with Crippen molar-refractivity contribution in [2.45, 2.75) is 90.1 Å². The van der Waals surface area contributed by atoms with Crippen LogP contribution >= 0.6 is 0 Å². The number of nitrogens with zero attached hydrogens (tertiary/aromatic N) is 2. The Labute approximate surface area is 286 Å². The van der Waals surface area contributed by atoms with Crippen molar-refractivity contribution in [2.24, 2.45) is 0 Å². The van der Waals surface area contributed by atoms with E-state index in [4.69, 9.17) is 4.74 Å². The Morgan fingerprint density at radius 2 is 1.09 bits per heavy atom. The van der Waals surface area contributed by atoms with Gasteiger partial charge in [-0.2, -0.15) is 0 Å². The van der Waals surface area contributed by atoms with Crippen LogP contribution in [0.3, 0.4) is 0 Å². The molecule has 0 aromatic heterocycles. The monoisotopic (exact) mass is 678 g/mol. The van der Waals surface area contributed by atoms with Gasteiger partial charge in [-0.3, -0.25) is 0 Å². The molecule has 2 N–H and O–H groups in total. The molecule has 1 saturated carbocycles. The van der Waals surface area contributed by atoms with Gasteiger partial charge in [0.1, 0.15) is 11.5 Å². The summed E-state index contributed by atoms with van der Waals surface area (Å²) in [7, 11) is 0. The first kappa shape index (κ1) is 34.3. The van der Waals surface area contributed by atoms with Gasteiger partial charge >= 0.3 is 205 Å². The molecule has 0 radical (unpaired) electrons. The number of hydrogen-bond acceptors (Lipinski definition) is 4. The first-order valence-corrected chi connectivity index (χ1v) is 17.3. The molecule has 0 amide bonds. The van der Waals surface area contributed by atoms with Crippen molar-refractivity contribution in [3.63, 3.8) is 0 Å². The number of aromatic hydroxyl groups is 2. The third-order valence-electron chi connectivity index (χ3n) is 8.52. The molecule has 7 heteroatoms. The third-order valence-corrected chi connectivity index (χ3v) is 9.96. The summed E-state index contributed by atoms with van der Waals surface area (Å²) in [6, 6.07) is 28.7. The molecule has 0 unspecified atom stereocenters. The smallest absolute Gasteiger partial charge is 0.127 e. The average Bonchev–Trinajstić information content (AvgIpc) is 3.37. The van der Waals surface area contributed by atoms with E-state index in [9.17, 15) is 15.3 Å². The standard InChI is InChI=1S/C28H38N2O2.C12H10O2.Co/c1-27(2,3)21-13-9-11-19(25(21)31)17-29-23-15-7-8-16-24(23)30-18-20-12-10-14-22(26(20)32)28(4,5)6;13-10-6-8-12(9-7-10)14-11-4-2-1-3-5-11;/h9-14,17-18,23-24,31-32H,7-8,15-16H2,1-6H3;1-9,13H;/q;;+2/p-1/t23-,24-;;/m1../s1. The van der Waals surface area contributed by atoms with Gasteiger partial charge in [0.15, 0.2) is 0 Å². The summed E-state index contributed by atoms with van der Waals surface area (Å²) in [5, 5.41) is 32.8. The topological polar surface area (TPSA) is 78.8 Å². The van der Waals surface area contributed by atoms with Crippen molar-refractivity contribution >= 4 is 12.4 Å². The fourth-order valence-electron chi connectivity index (χ4n) is 5.99. The molecule has 2 aliphatic rings. The summed E-state index contributed by atoms with van der Waals surface area (Å²) in [5.74, 6) is 2.20. The number of phenols is 2. The van der Waals surface area contributed by atoms with Gasteiger partial charge in [-0.25, -0.2) is 0 Å². The normalized spacial score (nSPS) is 19.8. The van der Waals surface area contributed by atoms with Crippen LogP contribution in [-0.2, 0) is 26.0 Å². The molecule has 4 aromatic carbocycles. The Kier molecular flexibility index (Phi) is 10.5. The molecule has 6 rings (SSSR count). The molecule has 1 saturated heterocycles. The molecule has 6 nitrogen and oxygen atoms in total. The Morgan fingerprint density at radius 1 is 0.638 bits per heavy atom. The van der Waals surface area contributed by atoms with Crippen LogP contribution in [0.4, 0.5) is 0 Å². The van der Waals surface area contributed by atoms with Crippen molar-refractivity contribution in [3.8, 4) is 28.7 Å². The van der Waals surface area contributed by atoms with Gasteiger partial charge in [0.2, 0.25) is 0 Å². The van der Waals surface area contributed by atoms with Gasteiger partial charge < -0.3 is 9.84 Å². The SMILES string of the molecule is CC(C)(C)c1cccc(C=[N+]2[Co][N+](=Cc3cccc(C(C)(C)C)c3O)[C@@H]3CCCC[C@H]32)c1O.[O-]c1ccc(Oc2ccccc2)cc1. The second-order valence-electron chi connectivity index (χ2n) is 14.3. The van der Waals surface area contributed by atoms with Crippen LogP contribution in [0.25, 0.3) is 0 Å². The maximum absolute atomic E-state index is 11.0. The second-order valence-corrected chi connectivity index (χ2v) is 15.5. The molecule has 2 fully saturated rings. The Morgan fingerprint density at radius 3 is 1.53 bits per heavy atom. The number of benzene rings is 4. The molecule has 4 aromatic rings. The summed E-state index contributed by atoms with van der Waals surface area (Å²) in [6.45, 7) is 12.8. The molecule has 1 heterocycles. The number of phenolic OH excluding ortho intramolecular Hbond substituents is 2. The molecular weight excluding hydrogens is 631 g/mol. The van der Waals surface area contributed by atoms with Crippen molar-refractivity contribution in [1.29, 1.82) is 0 Å². The van der Waals surface area contributed by atoms with Gasteiger partial charge in [0, 0.05) is 0 Å². The molecule has 1 aliphatic carbocycles. The zero-order valence-electron chi connectivity index (χ0n) is 28.2. The van der Waals surface area contributed by atoms with Gasteiger partial charge in [-0.15, -0.1) is 5.75 Å². The predicted molar refractivity (Wildman–Crippen MR) is 183 cm³/mol. The molecular formula is C40H47CoN2O4+. The number of para-hydroxylation sites is 3. The molecule has 0 bridgehead atoms. The van der Waals surface area contributed by atoms with Crippen molar-refractivity contribution in [3.05, 3.63) is 113 Å². The van der Waals surface area contributed by atoms with Crippen molar-refractivity contribution in [1.82, 2.24) is 0 Å². The van der Waals surface area contributed by atoms with Crippen LogP contribution in [-0.4, -0.2) is 42.0 Å². The van der Waals surface area contributed by atoms with E-state index in [1.807, 2.05) is 66.7 Å². The van der Waals surface area contributed by atoms with Gasteiger partial charge in [-0.05, 0) is 24.3 Å². The Balaban J connectivity index is 0.000000257. The zero-order chi connectivity index (χ0) is 33.8. The van der Waals surface area contributed by atoms with Crippen LogP contribution in [0, 0.1) is 0 Å². The van der Waals surface area contributed by atoms with Crippen LogP contribution in [0.5, 0.6) is 28.7 Å². The van der Waals surface area contributed by atoms with Crippen LogP contribution in [0.2, 0.25) is 0 Å². The minimum atomic E-state index is -0.112. The minimum absolute atomic E-state index is 0.00888. The molecule has 47 heavy (non-hydrogen) atoms. The summed E-state index contributed by atoms with van der Waals surface area (Å²) < 4.78 is 10.2. The van der Waals surface area contributed by atoms with Crippen LogP contribution in [0.15, 0.2) is 91.0 Å². The minimum Gasteiger partial charge on any atom is -0.872 e. The van der Waals surface area contributed by atoms with E-state index in [1.165, 1.54) is 25.0 Å². The number of hydrogen-bond donors (Lipinski definition) is 2. The summed E-state index contributed by atoms with van der Waals surface area (Å²) in [4.78, 5) is 0. The van der Waals surface area contributed by atoms with E-state index in [0.29, 0.717) is 29.3 Å². The van der Waals surface area contributed by atoms with Crippen molar-refractivity contribution in [2.75, 3.05) is 0 Å². The van der Waals surface area contributed by atoms with Gasteiger partial charge in [0.05, 0.1) is 0 Å². The first-order chi connectivity index (χ1) is 22.3. The van der Waals surface area contributed by atoms with E-state index in [1.54, 1.807) is 12.1 Å². The number of ether oxygens (including phenoxy) is 1. The van der Waals surface area contributed by atoms with Crippen LogP contribution < -0.4 is 9.84 Å². The van der Waals surface area contributed by atoms with Crippen molar-refractivity contribution < 1.29 is 42.4 Å². The summed E-state index contributed by atoms with van der Waals surface area (Å²) in [6.07, 6.45) is 9.01. The molecule has 1 aliphatic heterocycles. The zero-order valence-corrected chi connectivity index (χ0v) is 29.3. The third kappa shape index (κ3) is 8.45. The largest absolute Gasteiger partial charge is 0.872 e. The quantitative estimate of drug-likeness (QED) is 0.229. The Hall–Kier alpha value is -4.07. The van der Waals surface area contributed by atoms with Gasteiger partial charge in [-0.1, -0.05) is 30.3 Å². The van der Waals surface area contributed by atoms with Gasteiger partial charge in [0.25, 0.3) is 0 Å². The second kappa shape index (κ2) is 14.4. The van der Waals surface area contributed by atoms with E-state index >= 15 is 0 Å². The van der Waals surface area contributed by atoms with E-state index < -0.39 is 0 Å². The van der Waals surface area contributed by atoms with E-state index in [0.717, 1.165) is 56.0 Å². The number of fused-ring (bicyclic) bond motifs is 1. The maximum atomic E-state index is 11.0. The molecule has 0 spiro atoms. The van der Waals surface area contributed by atoms with E-state index in [2.05, 4.69) is 61.2 Å². The molecule has 2 atom stereocenters. The van der Waals surface area contributed by atoms with E-state index in [-0.39, 0.29) is 16.6 Å². The molecule has 249 valence electrons. The maximum Gasteiger partial charge on any atom is 0.127 e. The first-order valence-electron chi connectivity index (χ1n) is 16.3. The summed E-state index contributed by atoms with van der Waals surface area (Å²) >= 11 is 1.10. The Bertz CT molecular complexity index is 1650. The average molecular weight is 679 g/mol. The van der Waals surface area contributed by atoms with Crippen LogP contribution in [0.1, 0.15) is 89.5 Å². The fourth-order valence-corrected chi connectivity index (χ4v) is 7.61. The number of rotatable bonds is 4.